The Kier molecular flexibility index (Phi) is 6.99. The summed E-state index contributed by atoms with van der Waals surface area (Å²) >= 11 is 0. The molecule has 0 aliphatic carbocycles. The highest BCUT2D eigenvalue weighted by molar-refractivity contribution is 5.89. The summed E-state index contributed by atoms with van der Waals surface area (Å²) < 4.78 is 4.69. The number of likely N-dealkylation sites (tertiary alicyclic amines) is 1. The van der Waals surface area contributed by atoms with E-state index >= 15 is 0 Å². The van der Waals surface area contributed by atoms with Crippen LogP contribution < -0.4 is 5.32 Å². The lowest BCUT2D eigenvalue weighted by atomic mass is 10.0. The van der Waals surface area contributed by atoms with Crippen molar-refractivity contribution in [1.82, 2.24) is 10.2 Å². The van der Waals surface area contributed by atoms with E-state index in [0.29, 0.717) is 11.6 Å². The van der Waals surface area contributed by atoms with Gasteiger partial charge in [-0.15, -0.1) is 12.4 Å². The molecule has 112 valence electrons. The number of halogens is 1. The highest BCUT2D eigenvalue weighted by Crippen LogP contribution is 2.14. The van der Waals surface area contributed by atoms with E-state index in [2.05, 4.69) is 10.2 Å². The molecule has 0 atom stereocenters. The van der Waals surface area contributed by atoms with Gasteiger partial charge < -0.3 is 10.1 Å². The first-order valence-electron chi connectivity index (χ1n) is 6.80. The number of nitrogens with one attached hydrogen (secondary N) is 1. The second-order valence-electron chi connectivity index (χ2n) is 5.03. The third kappa shape index (κ3) is 4.47. The van der Waals surface area contributed by atoms with E-state index in [9.17, 15) is 4.79 Å². The molecular weight excluding hydrogens is 276 g/mol. The molecule has 0 unspecified atom stereocenters. The zero-order valence-electron chi connectivity index (χ0n) is 12.1. The molecule has 0 saturated carbocycles. The molecular formula is C15H23ClN2O2. The summed E-state index contributed by atoms with van der Waals surface area (Å²) in [6.45, 7) is 3.21. The van der Waals surface area contributed by atoms with Crippen LogP contribution in [0.15, 0.2) is 24.3 Å². The van der Waals surface area contributed by atoms with Crippen LogP contribution in [0.25, 0.3) is 0 Å². The molecule has 1 saturated heterocycles. The molecule has 1 aromatic carbocycles. The molecule has 1 aromatic rings. The second-order valence-corrected chi connectivity index (χ2v) is 5.03. The van der Waals surface area contributed by atoms with Crippen LogP contribution in [0, 0.1) is 0 Å². The van der Waals surface area contributed by atoms with Crippen molar-refractivity contribution in [2.24, 2.45) is 0 Å². The molecule has 0 spiro atoms. The fraction of sp³-hybridized carbons (Fsp3) is 0.533. The zero-order chi connectivity index (χ0) is 13.7. The lowest BCUT2D eigenvalue weighted by Gasteiger charge is -2.31. The number of ether oxygens (including phenoxy) is 1. The standard InChI is InChI=1S/C15H22N2O2.ClH/c1-16-14-7-9-17(10-8-14)11-12-3-5-13(6-4-12)15(18)19-2;/h3-6,14,16H,7-11H2,1-2H3;1H. The third-order valence-electron chi connectivity index (χ3n) is 3.78. The Morgan fingerprint density at radius 3 is 2.40 bits per heavy atom. The summed E-state index contributed by atoms with van der Waals surface area (Å²) in [5.74, 6) is -0.276. The van der Waals surface area contributed by atoms with Crippen molar-refractivity contribution in [3.8, 4) is 0 Å². The predicted octanol–water partition coefficient (Wildman–Crippen LogP) is 2.08. The van der Waals surface area contributed by atoms with Crippen LogP contribution in [0.2, 0.25) is 0 Å². The topological polar surface area (TPSA) is 41.6 Å². The first kappa shape index (κ1) is 17.0. The van der Waals surface area contributed by atoms with Crippen molar-refractivity contribution in [1.29, 1.82) is 0 Å². The summed E-state index contributed by atoms with van der Waals surface area (Å²) in [5.41, 5.74) is 1.86. The van der Waals surface area contributed by atoms with Crippen LogP contribution in [-0.4, -0.2) is 44.2 Å². The van der Waals surface area contributed by atoms with Gasteiger partial charge in [-0.25, -0.2) is 4.79 Å². The van der Waals surface area contributed by atoms with Crippen molar-refractivity contribution in [2.75, 3.05) is 27.2 Å². The molecule has 20 heavy (non-hydrogen) atoms. The molecule has 2 rings (SSSR count). The molecule has 0 amide bonds. The Morgan fingerprint density at radius 2 is 1.90 bits per heavy atom. The average Bonchev–Trinajstić information content (AvgIpc) is 2.48. The second kappa shape index (κ2) is 8.25. The fourth-order valence-electron chi connectivity index (χ4n) is 2.50. The van der Waals surface area contributed by atoms with Crippen molar-refractivity contribution < 1.29 is 9.53 Å². The molecule has 1 fully saturated rings. The Bertz CT molecular complexity index is 414. The number of carbonyl (C=O) groups is 1. The number of nitrogens with zero attached hydrogens (tertiary/aromatic N) is 1. The van der Waals surface area contributed by atoms with Crippen molar-refractivity contribution >= 4 is 18.4 Å². The Balaban J connectivity index is 0.00000200. The van der Waals surface area contributed by atoms with E-state index in [-0.39, 0.29) is 18.4 Å². The molecule has 0 aromatic heterocycles. The monoisotopic (exact) mass is 298 g/mol. The number of hydrogen-bond acceptors (Lipinski definition) is 4. The van der Waals surface area contributed by atoms with Crippen LogP contribution in [0.5, 0.6) is 0 Å². The summed E-state index contributed by atoms with van der Waals surface area (Å²) in [6, 6.07) is 8.36. The van der Waals surface area contributed by atoms with E-state index < -0.39 is 0 Å². The third-order valence-corrected chi connectivity index (χ3v) is 3.78. The van der Waals surface area contributed by atoms with Gasteiger partial charge in [0.05, 0.1) is 12.7 Å². The Hall–Kier alpha value is -1.10. The first-order chi connectivity index (χ1) is 9.22. The quantitative estimate of drug-likeness (QED) is 0.864. The minimum atomic E-state index is -0.276. The van der Waals surface area contributed by atoms with Crippen LogP contribution in [0.1, 0.15) is 28.8 Å². The summed E-state index contributed by atoms with van der Waals surface area (Å²) in [6.07, 6.45) is 2.41. The first-order valence-corrected chi connectivity index (χ1v) is 6.80. The fourth-order valence-corrected chi connectivity index (χ4v) is 2.50. The number of carbonyl (C=O) groups excluding carboxylic acids is 1. The molecule has 1 aliphatic heterocycles. The van der Waals surface area contributed by atoms with Crippen molar-refractivity contribution in [3.05, 3.63) is 35.4 Å². The van der Waals surface area contributed by atoms with Crippen LogP contribution in [0.4, 0.5) is 0 Å². The SMILES string of the molecule is CNC1CCN(Cc2ccc(C(=O)OC)cc2)CC1.Cl. The normalized spacial score (nSPS) is 16.5. The van der Waals surface area contributed by atoms with Gasteiger partial charge in [0.15, 0.2) is 0 Å². The van der Waals surface area contributed by atoms with Crippen molar-refractivity contribution in [3.63, 3.8) is 0 Å². The molecule has 0 bridgehead atoms. The van der Waals surface area contributed by atoms with E-state index in [1.54, 1.807) is 0 Å². The molecule has 1 N–H and O–H groups in total. The van der Waals surface area contributed by atoms with Crippen molar-refractivity contribution in [2.45, 2.75) is 25.4 Å². The van der Waals surface area contributed by atoms with Gasteiger partial charge in [-0.2, -0.15) is 0 Å². The summed E-state index contributed by atoms with van der Waals surface area (Å²) in [4.78, 5) is 13.8. The van der Waals surface area contributed by atoms with Gasteiger partial charge in [0.25, 0.3) is 0 Å². The van der Waals surface area contributed by atoms with Gasteiger partial charge in [0.2, 0.25) is 0 Å². The number of esters is 1. The number of hydrogen-bond donors (Lipinski definition) is 1. The Labute approximate surface area is 126 Å². The lowest BCUT2D eigenvalue weighted by molar-refractivity contribution is 0.0600. The highest BCUT2D eigenvalue weighted by Gasteiger charge is 2.17. The van der Waals surface area contributed by atoms with E-state index in [1.807, 2.05) is 31.3 Å². The van der Waals surface area contributed by atoms with Gasteiger partial charge in [0, 0.05) is 12.6 Å². The number of benzene rings is 1. The molecule has 1 heterocycles. The van der Waals surface area contributed by atoms with Crippen LogP contribution >= 0.6 is 12.4 Å². The van der Waals surface area contributed by atoms with Gasteiger partial charge >= 0.3 is 5.97 Å². The molecule has 0 radical (unpaired) electrons. The predicted molar refractivity (Wildman–Crippen MR) is 82.4 cm³/mol. The zero-order valence-corrected chi connectivity index (χ0v) is 12.9. The van der Waals surface area contributed by atoms with Gasteiger partial charge in [-0.3, -0.25) is 4.90 Å². The smallest absolute Gasteiger partial charge is 0.337 e. The van der Waals surface area contributed by atoms with Crippen LogP contribution in [0.3, 0.4) is 0 Å². The van der Waals surface area contributed by atoms with Gasteiger partial charge in [-0.1, -0.05) is 12.1 Å². The maximum Gasteiger partial charge on any atom is 0.337 e. The maximum absolute atomic E-state index is 11.3. The summed E-state index contributed by atoms with van der Waals surface area (Å²) in [7, 11) is 3.44. The number of methoxy groups -OCH3 is 1. The minimum absolute atomic E-state index is 0. The summed E-state index contributed by atoms with van der Waals surface area (Å²) in [5, 5.41) is 3.34. The van der Waals surface area contributed by atoms with Gasteiger partial charge in [-0.05, 0) is 50.7 Å². The van der Waals surface area contributed by atoms with E-state index in [4.69, 9.17) is 4.74 Å². The number of piperidine rings is 1. The van der Waals surface area contributed by atoms with E-state index in [0.717, 1.165) is 19.6 Å². The molecule has 1 aliphatic rings. The van der Waals surface area contributed by atoms with Gasteiger partial charge in [0.1, 0.15) is 0 Å². The maximum atomic E-state index is 11.3. The highest BCUT2D eigenvalue weighted by atomic mass is 35.5. The lowest BCUT2D eigenvalue weighted by Crippen LogP contribution is -2.40. The molecule has 5 heteroatoms. The van der Waals surface area contributed by atoms with Crippen LogP contribution in [-0.2, 0) is 11.3 Å². The van der Waals surface area contributed by atoms with E-state index in [1.165, 1.54) is 25.5 Å². The average molecular weight is 299 g/mol. The minimum Gasteiger partial charge on any atom is -0.465 e. The largest absolute Gasteiger partial charge is 0.465 e. The number of rotatable bonds is 4. The molecule has 4 nitrogen and oxygen atoms in total. The Morgan fingerprint density at radius 1 is 1.30 bits per heavy atom.